The maximum atomic E-state index is 5.43. The summed E-state index contributed by atoms with van der Waals surface area (Å²) in [6, 6.07) is 7.79. The van der Waals surface area contributed by atoms with Gasteiger partial charge < -0.3 is 5.73 Å². The van der Waals surface area contributed by atoms with Crippen LogP contribution in [0.1, 0.15) is 20.8 Å². The Morgan fingerprint density at radius 3 is 1.80 bits per heavy atom. The Morgan fingerprint density at radius 1 is 1.10 bits per heavy atom. The molecule has 0 amide bonds. The maximum absolute atomic E-state index is 5.43. The molecule has 1 nitrogen and oxygen atoms in total. The predicted molar refractivity (Wildman–Crippen MR) is 49.1 cm³/mol. The molecule has 0 atom stereocenters. The molecule has 0 saturated heterocycles. The molecule has 1 aromatic rings. The molecule has 1 heteroatoms. The van der Waals surface area contributed by atoms with E-state index < -0.39 is 0 Å². The van der Waals surface area contributed by atoms with E-state index in [-0.39, 0.29) is 1.43 Å². The zero-order chi connectivity index (χ0) is 7.98. The summed E-state index contributed by atoms with van der Waals surface area (Å²) in [6.07, 6.45) is 0. The van der Waals surface area contributed by atoms with Gasteiger partial charge in [0.25, 0.3) is 0 Å². The molecule has 58 valence electrons. The second kappa shape index (κ2) is 4.86. The van der Waals surface area contributed by atoms with Crippen LogP contribution in [0.25, 0.3) is 0 Å². The van der Waals surface area contributed by atoms with E-state index in [1.54, 1.807) is 0 Å². The van der Waals surface area contributed by atoms with E-state index in [4.69, 9.17) is 5.73 Å². The summed E-state index contributed by atoms with van der Waals surface area (Å²) in [5, 5.41) is 0. The largest absolute Gasteiger partial charge is 0.399 e. The van der Waals surface area contributed by atoms with Gasteiger partial charge in [-0.2, -0.15) is 0 Å². The Morgan fingerprint density at radius 2 is 1.50 bits per heavy atom. The van der Waals surface area contributed by atoms with E-state index in [9.17, 15) is 0 Å². The molecule has 0 aromatic heterocycles. The van der Waals surface area contributed by atoms with Crippen molar-refractivity contribution < 1.29 is 1.43 Å². The highest BCUT2D eigenvalue weighted by Crippen LogP contribution is 2.02. The number of hydrogen-bond acceptors (Lipinski definition) is 1. The van der Waals surface area contributed by atoms with Crippen molar-refractivity contribution >= 4 is 5.69 Å². The predicted octanol–water partition coefficient (Wildman–Crippen LogP) is 2.85. The van der Waals surface area contributed by atoms with Gasteiger partial charge in [0.15, 0.2) is 0 Å². The average molecular weight is 139 g/mol. The topological polar surface area (TPSA) is 26.0 Å². The van der Waals surface area contributed by atoms with E-state index >= 15 is 0 Å². The summed E-state index contributed by atoms with van der Waals surface area (Å²) < 4.78 is 0. The van der Waals surface area contributed by atoms with Gasteiger partial charge in [0, 0.05) is 7.11 Å². The normalized spacial score (nSPS) is 7.90. The van der Waals surface area contributed by atoms with Gasteiger partial charge in [-0.1, -0.05) is 31.5 Å². The van der Waals surface area contributed by atoms with E-state index in [2.05, 4.69) is 0 Å². The van der Waals surface area contributed by atoms with E-state index in [1.807, 2.05) is 45.0 Å². The van der Waals surface area contributed by atoms with Crippen LogP contribution in [0, 0.1) is 6.92 Å². The van der Waals surface area contributed by atoms with Gasteiger partial charge in [0.2, 0.25) is 0 Å². The van der Waals surface area contributed by atoms with Gasteiger partial charge in [0.05, 0.1) is 0 Å². The molecule has 0 heterocycles. The number of nitrogen functional groups attached to an aromatic ring is 1. The van der Waals surface area contributed by atoms with Crippen molar-refractivity contribution in [3.63, 3.8) is 0 Å². The lowest BCUT2D eigenvalue weighted by molar-refractivity contribution is 1.47. The second-order valence-electron chi connectivity index (χ2n) is 1.91. The molecule has 1 rings (SSSR count). The highest BCUT2D eigenvalue weighted by atomic mass is 14.5. The minimum atomic E-state index is 0. The lowest BCUT2D eigenvalue weighted by Crippen LogP contribution is -1.81. The van der Waals surface area contributed by atoms with Crippen LogP contribution in [0.5, 0.6) is 0 Å². The maximum Gasteiger partial charge on any atom is 0.0314 e. The van der Waals surface area contributed by atoms with Gasteiger partial charge in [-0.05, 0) is 19.1 Å². The Hall–Kier alpha value is -0.980. The molecule has 0 spiro atoms. The highest BCUT2D eigenvalue weighted by Gasteiger charge is 1.80. The second-order valence-corrected chi connectivity index (χ2v) is 1.91. The van der Waals surface area contributed by atoms with Gasteiger partial charge >= 0.3 is 0 Å². The minimum Gasteiger partial charge on any atom is -0.399 e. The van der Waals surface area contributed by atoms with E-state index in [0.717, 1.165) is 5.69 Å². The lowest BCUT2D eigenvalue weighted by atomic mass is 10.2. The first-order valence-electron chi connectivity index (χ1n) is 3.61. The number of rotatable bonds is 0. The molecular weight excluding hydrogens is 122 g/mol. The summed E-state index contributed by atoms with van der Waals surface area (Å²) in [4.78, 5) is 0. The van der Waals surface area contributed by atoms with Crippen LogP contribution in [-0.4, -0.2) is 0 Å². The molecule has 10 heavy (non-hydrogen) atoms. The molecule has 1 aromatic carbocycles. The minimum absolute atomic E-state index is 0. The summed E-state index contributed by atoms with van der Waals surface area (Å²) in [5.74, 6) is 0. The van der Waals surface area contributed by atoms with Gasteiger partial charge in [-0.15, -0.1) is 0 Å². The number of nitrogens with two attached hydrogens (primary N) is 1. The number of anilines is 1. The summed E-state index contributed by atoms with van der Waals surface area (Å²) in [5.41, 5.74) is 7.51. The molecule has 0 fully saturated rings. The fraction of sp³-hybridized carbons (Fsp3) is 0.333. The first-order valence-corrected chi connectivity index (χ1v) is 3.61. The van der Waals surface area contributed by atoms with Crippen molar-refractivity contribution in [3.8, 4) is 0 Å². The standard InChI is InChI=1S/C7H9N.C2H6.H2/c1-6-2-4-7(8)5-3-6;1-2;/h2-5H,8H2,1H3;1-2H3;1H. The van der Waals surface area contributed by atoms with Crippen molar-refractivity contribution in [1.29, 1.82) is 0 Å². The number of aryl methyl sites for hydroxylation is 1. The molecule has 0 aliphatic carbocycles. The molecular formula is C9H17N. The first kappa shape index (κ1) is 9.02. The fourth-order valence-corrected chi connectivity index (χ4v) is 0.566. The zero-order valence-electron chi connectivity index (χ0n) is 6.89. The Balaban J connectivity index is 0. The number of hydrogen-bond donors (Lipinski definition) is 1. The smallest absolute Gasteiger partial charge is 0.0314 e. The SMILES string of the molecule is CC.Cc1ccc(N)cc1.[HH]. The van der Waals surface area contributed by atoms with Crippen LogP contribution < -0.4 is 5.73 Å². The fourth-order valence-electron chi connectivity index (χ4n) is 0.566. The van der Waals surface area contributed by atoms with Crippen LogP contribution in [0.15, 0.2) is 24.3 Å². The Labute approximate surface area is 64.4 Å². The molecule has 0 unspecified atom stereocenters. The molecule has 0 radical (unpaired) electrons. The van der Waals surface area contributed by atoms with E-state index in [0.29, 0.717) is 0 Å². The van der Waals surface area contributed by atoms with Crippen molar-refractivity contribution in [3.05, 3.63) is 29.8 Å². The first-order chi connectivity index (χ1) is 4.79. The molecule has 0 saturated carbocycles. The zero-order valence-corrected chi connectivity index (χ0v) is 6.89. The van der Waals surface area contributed by atoms with Crippen molar-refractivity contribution in [2.75, 3.05) is 5.73 Å². The van der Waals surface area contributed by atoms with Crippen LogP contribution in [0.2, 0.25) is 0 Å². The monoisotopic (exact) mass is 139 g/mol. The Kier molecular flexibility index (Phi) is 4.38. The quantitative estimate of drug-likeness (QED) is 0.549. The summed E-state index contributed by atoms with van der Waals surface area (Å²) in [7, 11) is 0. The highest BCUT2D eigenvalue weighted by molar-refractivity contribution is 5.38. The summed E-state index contributed by atoms with van der Waals surface area (Å²) in [6.45, 7) is 6.04. The third-order valence-electron chi connectivity index (χ3n) is 1.08. The van der Waals surface area contributed by atoms with Crippen molar-refractivity contribution in [1.82, 2.24) is 0 Å². The van der Waals surface area contributed by atoms with E-state index in [1.165, 1.54) is 5.56 Å². The molecule has 0 aliphatic rings. The molecule has 0 aliphatic heterocycles. The molecule has 0 bridgehead atoms. The van der Waals surface area contributed by atoms with Crippen LogP contribution in [0.4, 0.5) is 5.69 Å². The van der Waals surface area contributed by atoms with Crippen LogP contribution in [0.3, 0.4) is 0 Å². The van der Waals surface area contributed by atoms with Crippen LogP contribution >= 0.6 is 0 Å². The van der Waals surface area contributed by atoms with Gasteiger partial charge in [-0.3, -0.25) is 0 Å². The number of benzene rings is 1. The summed E-state index contributed by atoms with van der Waals surface area (Å²) >= 11 is 0. The van der Waals surface area contributed by atoms with Crippen molar-refractivity contribution in [2.45, 2.75) is 20.8 Å². The third-order valence-corrected chi connectivity index (χ3v) is 1.08. The average Bonchev–Trinajstić information content (AvgIpc) is 2.00. The van der Waals surface area contributed by atoms with Gasteiger partial charge in [0.1, 0.15) is 0 Å². The Bertz CT molecular complexity index is 148. The molecule has 2 N–H and O–H groups in total. The third kappa shape index (κ3) is 3.13. The van der Waals surface area contributed by atoms with Crippen molar-refractivity contribution in [2.24, 2.45) is 0 Å². The lowest BCUT2D eigenvalue weighted by Gasteiger charge is -1.90. The van der Waals surface area contributed by atoms with Crippen LogP contribution in [-0.2, 0) is 0 Å². The van der Waals surface area contributed by atoms with Gasteiger partial charge in [-0.25, -0.2) is 0 Å².